The van der Waals surface area contributed by atoms with Crippen molar-refractivity contribution in [3.63, 3.8) is 0 Å². The molecule has 0 saturated heterocycles. The number of hydrogen-bond acceptors (Lipinski definition) is 1. The van der Waals surface area contributed by atoms with Crippen LogP contribution in [0.3, 0.4) is 0 Å². The van der Waals surface area contributed by atoms with Gasteiger partial charge in [-0.25, -0.2) is 0 Å². The Morgan fingerprint density at radius 1 is 1.38 bits per heavy atom. The van der Waals surface area contributed by atoms with Gasteiger partial charge in [-0.3, -0.25) is 0 Å². The maximum absolute atomic E-state index is 6.14. The molecular formula is C14H17ClS. The van der Waals surface area contributed by atoms with Crippen molar-refractivity contribution in [2.24, 2.45) is 0 Å². The molecule has 0 heterocycles. The summed E-state index contributed by atoms with van der Waals surface area (Å²) in [6.07, 6.45) is 6.35. The Balaban J connectivity index is 1.92. The minimum absolute atomic E-state index is 0.685. The maximum atomic E-state index is 6.14. The number of hydrogen-bond donors (Lipinski definition) is 0. The highest BCUT2D eigenvalue weighted by Gasteiger charge is 2.12. The zero-order chi connectivity index (χ0) is 11.4. The van der Waals surface area contributed by atoms with Crippen LogP contribution in [0.15, 0.2) is 35.9 Å². The van der Waals surface area contributed by atoms with E-state index in [0.717, 1.165) is 10.8 Å². The maximum Gasteiger partial charge on any atom is 0.0446 e. The molecular weight excluding hydrogens is 236 g/mol. The first kappa shape index (κ1) is 12.1. The Hall–Kier alpha value is -0.400. The van der Waals surface area contributed by atoms with Crippen molar-refractivity contribution >= 4 is 23.4 Å². The van der Waals surface area contributed by atoms with Gasteiger partial charge >= 0.3 is 0 Å². The number of rotatable bonds is 3. The van der Waals surface area contributed by atoms with E-state index >= 15 is 0 Å². The fourth-order valence-electron chi connectivity index (χ4n) is 2.01. The first-order valence-electron chi connectivity index (χ1n) is 5.78. The van der Waals surface area contributed by atoms with Crippen molar-refractivity contribution < 1.29 is 0 Å². The third kappa shape index (κ3) is 3.29. The van der Waals surface area contributed by atoms with Gasteiger partial charge in [0.25, 0.3) is 0 Å². The first-order chi connectivity index (χ1) is 7.75. The SMILES string of the molecule is CC1=CC(SCc2ccccc2Cl)CCC1. The van der Waals surface area contributed by atoms with E-state index in [1.54, 1.807) is 5.57 Å². The zero-order valence-electron chi connectivity index (χ0n) is 9.58. The Bertz CT molecular complexity index is 384. The lowest BCUT2D eigenvalue weighted by atomic mass is 10.0. The second-order valence-electron chi connectivity index (χ2n) is 4.35. The third-order valence-electron chi connectivity index (χ3n) is 2.94. The summed E-state index contributed by atoms with van der Waals surface area (Å²) < 4.78 is 0. The fourth-order valence-corrected chi connectivity index (χ4v) is 3.60. The lowest BCUT2D eigenvalue weighted by molar-refractivity contribution is 0.711. The van der Waals surface area contributed by atoms with E-state index in [2.05, 4.69) is 25.1 Å². The highest BCUT2D eigenvalue weighted by Crippen LogP contribution is 2.30. The van der Waals surface area contributed by atoms with Gasteiger partial charge in [-0.2, -0.15) is 0 Å². The molecule has 16 heavy (non-hydrogen) atoms. The predicted molar refractivity (Wildman–Crippen MR) is 74.1 cm³/mol. The van der Waals surface area contributed by atoms with Crippen molar-refractivity contribution in [1.29, 1.82) is 0 Å². The molecule has 0 bridgehead atoms. The van der Waals surface area contributed by atoms with Crippen LogP contribution in [0.25, 0.3) is 0 Å². The molecule has 0 amide bonds. The first-order valence-corrected chi connectivity index (χ1v) is 7.20. The zero-order valence-corrected chi connectivity index (χ0v) is 11.2. The van der Waals surface area contributed by atoms with Gasteiger partial charge in [-0.05, 0) is 37.8 Å². The molecule has 1 unspecified atom stereocenters. The van der Waals surface area contributed by atoms with E-state index in [-0.39, 0.29) is 0 Å². The molecule has 86 valence electrons. The molecule has 0 aliphatic heterocycles. The fraction of sp³-hybridized carbons (Fsp3) is 0.429. The second-order valence-corrected chi connectivity index (χ2v) is 5.98. The highest BCUT2D eigenvalue weighted by atomic mass is 35.5. The summed E-state index contributed by atoms with van der Waals surface area (Å²) >= 11 is 8.15. The lowest BCUT2D eigenvalue weighted by Gasteiger charge is -2.19. The smallest absolute Gasteiger partial charge is 0.0446 e. The quantitative estimate of drug-likeness (QED) is 0.677. The minimum Gasteiger partial charge on any atom is -0.150 e. The van der Waals surface area contributed by atoms with Crippen LogP contribution in [-0.2, 0) is 5.75 Å². The Morgan fingerprint density at radius 2 is 2.19 bits per heavy atom. The summed E-state index contributed by atoms with van der Waals surface area (Å²) in [6, 6.07) is 8.14. The summed E-state index contributed by atoms with van der Waals surface area (Å²) in [5.74, 6) is 1.02. The van der Waals surface area contributed by atoms with E-state index in [9.17, 15) is 0 Å². The normalized spacial score (nSPS) is 20.6. The summed E-state index contributed by atoms with van der Waals surface area (Å²) in [5.41, 5.74) is 2.80. The standard InChI is InChI=1S/C14H17ClS/c1-11-5-4-7-13(9-11)16-10-12-6-2-3-8-14(12)15/h2-3,6,8-9,13H,4-5,7,10H2,1H3. The molecule has 2 rings (SSSR count). The number of halogens is 1. The monoisotopic (exact) mass is 252 g/mol. The molecule has 1 atom stereocenters. The third-order valence-corrected chi connectivity index (χ3v) is 4.59. The van der Waals surface area contributed by atoms with Gasteiger partial charge in [0.15, 0.2) is 0 Å². The van der Waals surface area contributed by atoms with Gasteiger partial charge in [0.1, 0.15) is 0 Å². The van der Waals surface area contributed by atoms with Crippen molar-refractivity contribution in [1.82, 2.24) is 0 Å². The Labute approximate surface area is 107 Å². The van der Waals surface area contributed by atoms with E-state index in [1.165, 1.54) is 24.8 Å². The molecule has 0 aromatic heterocycles. The Morgan fingerprint density at radius 3 is 2.94 bits per heavy atom. The summed E-state index contributed by atoms with van der Waals surface area (Å²) in [7, 11) is 0. The highest BCUT2D eigenvalue weighted by molar-refractivity contribution is 7.99. The van der Waals surface area contributed by atoms with E-state index in [0.29, 0.717) is 5.25 Å². The van der Waals surface area contributed by atoms with Crippen molar-refractivity contribution in [3.8, 4) is 0 Å². The van der Waals surface area contributed by atoms with Crippen LogP contribution in [0.2, 0.25) is 5.02 Å². The predicted octanol–water partition coefficient (Wildman–Crippen LogP) is 5.07. The van der Waals surface area contributed by atoms with Crippen molar-refractivity contribution in [2.75, 3.05) is 0 Å². The minimum atomic E-state index is 0.685. The van der Waals surface area contributed by atoms with E-state index < -0.39 is 0 Å². The van der Waals surface area contributed by atoms with Gasteiger partial charge < -0.3 is 0 Å². The van der Waals surface area contributed by atoms with Gasteiger partial charge in [-0.15, -0.1) is 11.8 Å². The number of benzene rings is 1. The molecule has 1 aliphatic carbocycles. The van der Waals surface area contributed by atoms with Crippen molar-refractivity contribution in [3.05, 3.63) is 46.5 Å². The average molecular weight is 253 g/mol. The number of thioether (sulfide) groups is 1. The molecule has 0 nitrogen and oxygen atoms in total. The molecule has 1 aromatic rings. The second kappa shape index (κ2) is 5.79. The van der Waals surface area contributed by atoms with Gasteiger partial charge in [0, 0.05) is 16.0 Å². The molecule has 1 aromatic carbocycles. The summed E-state index contributed by atoms with van der Waals surface area (Å²) in [4.78, 5) is 0. The molecule has 0 spiro atoms. The molecule has 0 radical (unpaired) electrons. The van der Waals surface area contributed by atoms with Gasteiger partial charge in [0.05, 0.1) is 0 Å². The molecule has 0 fully saturated rings. The van der Waals surface area contributed by atoms with Gasteiger partial charge in [0.2, 0.25) is 0 Å². The van der Waals surface area contributed by atoms with Crippen molar-refractivity contribution in [2.45, 2.75) is 37.2 Å². The molecule has 2 heteroatoms. The summed E-state index contributed by atoms with van der Waals surface area (Å²) in [5, 5.41) is 1.58. The lowest BCUT2D eigenvalue weighted by Crippen LogP contribution is -2.05. The van der Waals surface area contributed by atoms with Crippen LogP contribution in [0.1, 0.15) is 31.7 Å². The van der Waals surface area contributed by atoms with Crippen LogP contribution in [0.5, 0.6) is 0 Å². The van der Waals surface area contributed by atoms with E-state index in [1.807, 2.05) is 23.9 Å². The van der Waals surface area contributed by atoms with Crippen LogP contribution in [0, 0.1) is 0 Å². The van der Waals surface area contributed by atoms with Gasteiger partial charge in [-0.1, -0.05) is 41.4 Å². The van der Waals surface area contributed by atoms with Crippen LogP contribution < -0.4 is 0 Å². The van der Waals surface area contributed by atoms with Crippen LogP contribution >= 0.6 is 23.4 Å². The van der Waals surface area contributed by atoms with Crippen LogP contribution in [0.4, 0.5) is 0 Å². The number of allylic oxidation sites excluding steroid dienone is 1. The molecule has 0 N–H and O–H groups in total. The average Bonchev–Trinajstić information content (AvgIpc) is 2.28. The summed E-state index contributed by atoms with van der Waals surface area (Å²) in [6.45, 7) is 2.24. The largest absolute Gasteiger partial charge is 0.150 e. The van der Waals surface area contributed by atoms with E-state index in [4.69, 9.17) is 11.6 Å². The molecule has 0 saturated carbocycles. The Kier molecular flexibility index (Phi) is 4.37. The van der Waals surface area contributed by atoms with Crippen LogP contribution in [-0.4, -0.2) is 5.25 Å². The molecule has 1 aliphatic rings. The topological polar surface area (TPSA) is 0 Å².